The lowest BCUT2D eigenvalue weighted by Gasteiger charge is -2.39. The summed E-state index contributed by atoms with van der Waals surface area (Å²) in [5.74, 6) is 0.233. The van der Waals surface area contributed by atoms with E-state index < -0.39 is 0 Å². The fourth-order valence-electron chi connectivity index (χ4n) is 3.29. The van der Waals surface area contributed by atoms with Crippen LogP contribution in [0.4, 0.5) is 0 Å². The first-order valence-corrected chi connectivity index (χ1v) is 7.63. The summed E-state index contributed by atoms with van der Waals surface area (Å²) in [6.07, 6.45) is 9.58. The van der Waals surface area contributed by atoms with Gasteiger partial charge in [-0.3, -0.25) is 4.79 Å². The molecule has 1 saturated carbocycles. The molecule has 0 aromatic heterocycles. The van der Waals surface area contributed by atoms with Crippen molar-refractivity contribution in [3.8, 4) is 0 Å². The Morgan fingerprint density at radius 2 is 1.89 bits per heavy atom. The van der Waals surface area contributed by atoms with Crippen molar-refractivity contribution in [3.63, 3.8) is 0 Å². The van der Waals surface area contributed by atoms with Gasteiger partial charge < -0.3 is 10.6 Å². The zero-order chi connectivity index (χ0) is 13.0. The van der Waals surface area contributed by atoms with Gasteiger partial charge in [0, 0.05) is 6.04 Å². The van der Waals surface area contributed by atoms with Crippen molar-refractivity contribution < 1.29 is 4.79 Å². The molecule has 0 aromatic carbocycles. The lowest BCUT2D eigenvalue weighted by atomic mass is 9.73. The Morgan fingerprint density at radius 3 is 2.67 bits per heavy atom. The SMILES string of the molecule is CC1(C)CCCCC1NC(=O)C1CCCCCN1. The highest BCUT2D eigenvalue weighted by atomic mass is 16.2. The molecule has 0 aromatic rings. The highest BCUT2D eigenvalue weighted by Gasteiger charge is 2.34. The van der Waals surface area contributed by atoms with Crippen molar-refractivity contribution in [1.82, 2.24) is 10.6 Å². The second-order valence-electron chi connectivity index (χ2n) is 6.65. The van der Waals surface area contributed by atoms with E-state index in [4.69, 9.17) is 0 Å². The van der Waals surface area contributed by atoms with E-state index in [9.17, 15) is 4.79 Å². The Morgan fingerprint density at radius 1 is 1.11 bits per heavy atom. The zero-order valence-electron chi connectivity index (χ0n) is 11.9. The second kappa shape index (κ2) is 6.05. The number of amides is 1. The molecule has 18 heavy (non-hydrogen) atoms. The standard InChI is InChI=1S/C15H28N2O/c1-15(2)10-6-5-9-13(15)17-14(18)12-8-4-3-7-11-16-12/h12-13,16H,3-11H2,1-2H3,(H,17,18). The molecule has 2 unspecified atom stereocenters. The van der Waals surface area contributed by atoms with Gasteiger partial charge in [-0.15, -0.1) is 0 Å². The third-order valence-electron chi connectivity index (χ3n) is 4.70. The highest BCUT2D eigenvalue weighted by Crippen LogP contribution is 2.35. The molecule has 0 spiro atoms. The Kier molecular flexibility index (Phi) is 4.66. The van der Waals surface area contributed by atoms with Crippen LogP contribution in [0.25, 0.3) is 0 Å². The van der Waals surface area contributed by atoms with Crippen LogP contribution in [-0.4, -0.2) is 24.5 Å². The van der Waals surface area contributed by atoms with Gasteiger partial charge in [-0.25, -0.2) is 0 Å². The molecule has 1 aliphatic heterocycles. The molecular formula is C15H28N2O. The summed E-state index contributed by atoms with van der Waals surface area (Å²) in [7, 11) is 0. The Hall–Kier alpha value is -0.570. The van der Waals surface area contributed by atoms with Crippen molar-refractivity contribution in [2.45, 2.75) is 77.3 Å². The van der Waals surface area contributed by atoms with Crippen LogP contribution in [0.2, 0.25) is 0 Å². The number of rotatable bonds is 2. The van der Waals surface area contributed by atoms with Crippen LogP contribution in [-0.2, 0) is 4.79 Å². The molecule has 1 aliphatic carbocycles. The minimum atomic E-state index is 0.0465. The predicted molar refractivity (Wildman–Crippen MR) is 74.4 cm³/mol. The summed E-state index contributed by atoms with van der Waals surface area (Å²) in [5.41, 5.74) is 0.263. The van der Waals surface area contributed by atoms with Crippen LogP contribution >= 0.6 is 0 Å². The number of hydrogen-bond acceptors (Lipinski definition) is 2. The first-order chi connectivity index (χ1) is 8.59. The van der Waals surface area contributed by atoms with Crippen molar-refractivity contribution in [1.29, 1.82) is 0 Å². The van der Waals surface area contributed by atoms with Gasteiger partial charge in [0.1, 0.15) is 0 Å². The molecule has 3 nitrogen and oxygen atoms in total. The van der Waals surface area contributed by atoms with E-state index in [0.29, 0.717) is 6.04 Å². The van der Waals surface area contributed by atoms with Gasteiger partial charge in [0.15, 0.2) is 0 Å². The molecule has 2 rings (SSSR count). The van der Waals surface area contributed by atoms with Gasteiger partial charge in [0.05, 0.1) is 6.04 Å². The van der Waals surface area contributed by atoms with Crippen molar-refractivity contribution in [3.05, 3.63) is 0 Å². The summed E-state index contributed by atoms with van der Waals surface area (Å²) >= 11 is 0. The number of carbonyl (C=O) groups excluding carboxylic acids is 1. The lowest BCUT2D eigenvalue weighted by molar-refractivity contribution is -0.125. The molecule has 0 radical (unpaired) electrons. The molecule has 2 fully saturated rings. The maximum atomic E-state index is 12.3. The third-order valence-corrected chi connectivity index (χ3v) is 4.70. The van der Waals surface area contributed by atoms with Crippen LogP contribution in [0, 0.1) is 5.41 Å². The fraction of sp³-hybridized carbons (Fsp3) is 0.933. The second-order valence-corrected chi connectivity index (χ2v) is 6.65. The van der Waals surface area contributed by atoms with Crippen LogP contribution in [0.1, 0.15) is 65.2 Å². The van der Waals surface area contributed by atoms with Gasteiger partial charge >= 0.3 is 0 Å². The van der Waals surface area contributed by atoms with Crippen LogP contribution < -0.4 is 10.6 Å². The van der Waals surface area contributed by atoms with E-state index in [1.54, 1.807) is 0 Å². The molecular weight excluding hydrogens is 224 g/mol. The van der Waals surface area contributed by atoms with Gasteiger partial charge in [-0.2, -0.15) is 0 Å². The van der Waals surface area contributed by atoms with E-state index in [-0.39, 0.29) is 17.4 Å². The molecule has 2 N–H and O–H groups in total. The van der Waals surface area contributed by atoms with Crippen LogP contribution in [0.5, 0.6) is 0 Å². The van der Waals surface area contributed by atoms with E-state index in [0.717, 1.165) is 19.4 Å². The van der Waals surface area contributed by atoms with Crippen molar-refractivity contribution >= 4 is 5.91 Å². The molecule has 2 aliphatic rings. The predicted octanol–water partition coefficient (Wildman–Crippen LogP) is 2.60. The maximum absolute atomic E-state index is 12.3. The monoisotopic (exact) mass is 252 g/mol. The molecule has 0 bridgehead atoms. The lowest BCUT2D eigenvalue weighted by Crippen LogP contribution is -2.52. The number of carbonyl (C=O) groups is 1. The molecule has 1 saturated heterocycles. The van der Waals surface area contributed by atoms with Crippen molar-refractivity contribution in [2.75, 3.05) is 6.54 Å². The smallest absolute Gasteiger partial charge is 0.237 e. The molecule has 1 amide bonds. The van der Waals surface area contributed by atoms with Gasteiger partial charge in [-0.1, -0.05) is 39.5 Å². The first kappa shape index (κ1) is 13.9. The van der Waals surface area contributed by atoms with Gasteiger partial charge in [-0.05, 0) is 37.6 Å². The Bertz CT molecular complexity index is 280. The minimum Gasteiger partial charge on any atom is -0.351 e. The largest absolute Gasteiger partial charge is 0.351 e. The van der Waals surface area contributed by atoms with Gasteiger partial charge in [0.2, 0.25) is 5.91 Å². The normalized spacial score (nSPS) is 32.6. The molecule has 104 valence electrons. The quantitative estimate of drug-likeness (QED) is 0.793. The highest BCUT2D eigenvalue weighted by molar-refractivity contribution is 5.82. The van der Waals surface area contributed by atoms with Crippen LogP contribution in [0.3, 0.4) is 0 Å². The summed E-state index contributed by atoms with van der Waals surface area (Å²) in [6.45, 7) is 5.57. The number of nitrogens with one attached hydrogen (secondary N) is 2. The summed E-state index contributed by atoms with van der Waals surface area (Å²) in [4.78, 5) is 12.3. The third kappa shape index (κ3) is 3.47. The van der Waals surface area contributed by atoms with E-state index in [1.165, 1.54) is 38.5 Å². The Labute approximate surface area is 111 Å². The van der Waals surface area contributed by atoms with E-state index >= 15 is 0 Å². The van der Waals surface area contributed by atoms with E-state index in [1.807, 2.05) is 0 Å². The molecule has 2 atom stereocenters. The van der Waals surface area contributed by atoms with E-state index in [2.05, 4.69) is 24.5 Å². The summed E-state index contributed by atoms with van der Waals surface area (Å²) < 4.78 is 0. The number of hydrogen-bond donors (Lipinski definition) is 2. The van der Waals surface area contributed by atoms with Gasteiger partial charge in [0.25, 0.3) is 0 Å². The first-order valence-electron chi connectivity index (χ1n) is 7.63. The topological polar surface area (TPSA) is 41.1 Å². The zero-order valence-corrected chi connectivity index (χ0v) is 11.9. The van der Waals surface area contributed by atoms with Crippen LogP contribution in [0.15, 0.2) is 0 Å². The van der Waals surface area contributed by atoms with Crippen molar-refractivity contribution in [2.24, 2.45) is 5.41 Å². The molecule has 3 heteroatoms. The summed E-state index contributed by atoms with van der Waals surface area (Å²) in [5, 5.41) is 6.69. The average molecular weight is 252 g/mol. The minimum absolute atomic E-state index is 0.0465. The Balaban J connectivity index is 1.89. The molecule has 1 heterocycles. The fourth-order valence-corrected chi connectivity index (χ4v) is 3.29. The maximum Gasteiger partial charge on any atom is 0.237 e. The average Bonchev–Trinajstić information content (AvgIpc) is 2.60. The summed E-state index contributed by atoms with van der Waals surface area (Å²) in [6, 6.07) is 0.411.